The van der Waals surface area contributed by atoms with Gasteiger partial charge in [0.05, 0.1) is 6.10 Å². The number of hydrogen-bond donors (Lipinski definition) is 2. The number of rotatable bonds is 5. The fraction of sp³-hybridized carbons (Fsp3) is 0.435. The molecule has 3 rings (SSSR count). The first-order valence-corrected chi connectivity index (χ1v) is 9.84. The molecule has 1 aliphatic heterocycles. The predicted molar refractivity (Wildman–Crippen MR) is 112 cm³/mol. The standard InChI is InChI=1S/C23H31N3O/c1-17-9-11-20(12-10-17)22-21(8-5-13-27-22)16-26-23(24-3)25-15-19-7-4-6-18(2)14-19/h4,6-7,9-12,14,21-22H,5,8,13,15-16H2,1-3H3,(H2,24,25,26). The first-order chi connectivity index (χ1) is 13.2. The number of nitrogens with one attached hydrogen (secondary N) is 2. The van der Waals surface area contributed by atoms with E-state index < -0.39 is 0 Å². The average Bonchev–Trinajstić information content (AvgIpc) is 2.69. The van der Waals surface area contributed by atoms with Crippen molar-refractivity contribution < 1.29 is 4.74 Å². The van der Waals surface area contributed by atoms with Crippen LogP contribution in [0.3, 0.4) is 0 Å². The number of hydrogen-bond acceptors (Lipinski definition) is 2. The largest absolute Gasteiger partial charge is 0.373 e. The van der Waals surface area contributed by atoms with Crippen molar-refractivity contribution in [2.75, 3.05) is 20.2 Å². The number of aliphatic imine (C=N–C) groups is 1. The van der Waals surface area contributed by atoms with Crippen LogP contribution in [0.15, 0.2) is 53.5 Å². The maximum Gasteiger partial charge on any atom is 0.191 e. The SMILES string of the molecule is CN=C(NCc1cccc(C)c1)NCC1CCCOC1c1ccc(C)cc1. The lowest BCUT2D eigenvalue weighted by Gasteiger charge is -2.32. The molecule has 0 bridgehead atoms. The molecule has 0 aliphatic carbocycles. The highest BCUT2D eigenvalue weighted by Gasteiger charge is 2.27. The molecular weight excluding hydrogens is 334 g/mol. The second-order valence-electron chi connectivity index (χ2n) is 7.40. The third kappa shape index (κ3) is 5.57. The van der Waals surface area contributed by atoms with Crippen molar-refractivity contribution >= 4 is 5.96 Å². The van der Waals surface area contributed by atoms with Gasteiger partial charge in [0, 0.05) is 32.7 Å². The Bertz CT molecular complexity index is 754. The Morgan fingerprint density at radius 1 is 1.07 bits per heavy atom. The molecule has 1 aliphatic rings. The Balaban J connectivity index is 1.56. The molecular formula is C23H31N3O. The van der Waals surface area contributed by atoms with Crippen LogP contribution in [0.2, 0.25) is 0 Å². The van der Waals surface area contributed by atoms with Crippen molar-refractivity contribution in [3.8, 4) is 0 Å². The van der Waals surface area contributed by atoms with Crippen molar-refractivity contribution in [2.45, 2.75) is 39.3 Å². The Hall–Kier alpha value is -2.33. The van der Waals surface area contributed by atoms with Gasteiger partial charge in [0.25, 0.3) is 0 Å². The van der Waals surface area contributed by atoms with E-state index in [2.05, 4.69) is 78.0 Å². The molecule has 2 atom stereocenters. The Morgan fingerprint density at radius 3 is 2.63 bits per heavy atom. The fourth-order valence-electron chi connectivity index (χ4n) is 3.63. The van der Waals surface area contributed by atoms with Gasteiger partial charge >= 0.3 is 0 Å². The van der Waals surface area contributed by atoms with E-state index in [0.717, 1.165) is 32.1 Å². The van der Waals surface area contributed by atoms with Crippen LogP contribution in [0.25, 0.3) is 0 Å². The van der Waals surface area contributed by atoms with Crippen molar-refractivity contribution in [2.24, 2.45) is 10.9 Å². The number of aryl methyl sites for hydroxylation is 2. The number of ether oxygens (including phenoxy) is 1. The molecule has 144 valence electrons. The molecule has 2 aromatic rings. The lowest BCUT2D eigenvalue weighted by Crippen LogP contribution is -2.41. The van der Waals surface area contributed by atoms with E-state index in [9.17, 15) is 0 Å². The Kier molecular flexibility index (Phi) is 6.88. The summed E-state index contributed by atoms with van der Waals surface area (Å²) < 4.78 is 6.12. The summed E-state index contributed by atoms with van der Waals surface area (Å²) in [6, 6.07) is 17.3. The second kappa shape index (κ2) is 9.56. The van der Waals surface area contributed by atoms with E-state index in [-0.39, 0.29) is 6.10 Å². The molecule has 0 spiro atoms. The van der Waals surface area contributed by atoms with Gasteiger partial charge in [-0.05, 0) is 37.8 Å². The highest BCUT2D eigenvalue weighted by Crippen LogP contribution is 2.33. The van der Waals surface area contributed by atoms with Crippen molar-refractivity contribution in [1.29, 1.82) is 0 Å². The van der Waals surface area contributed by atoms with Gasteiger partial charge in [0.15, 0.2) is 5.96 Å². The van der Waals surface area contributed by atoms with Gasteiger partial charge in [-0.1, -0.05) is 59.7 Å². The minimum absolute atomic E-state index is 0.154. The molecule has 0 radical (unpaired) electrons. The van der Waals surface area contributed by atoms with E-state index in [4.69, 9.17) is 4.74 Å². The fourth-order valence-corrected chi connectivity index (χ4v) is 3.63. The van der Waals surface area contributed by atoms with Crippen LogP contribution in [0, 0.1) is 19.8 Å². The van der Waals surface area contributed by atoms with E-state index in [1.165, 1.54) is 28.7 Å². The molecule has 4 heteroatoms. The van der Waals surface area contributed by atoms with Gasteiger partial charge in [-0.25, -0.2) is 0 Å². The average molecular weight is 366 g/mol. The smallest absolute Gasteiger partial charge is 0.191 e. The summed E-state index contributed by atoms with van der Waals surface area (Å²) in [5, 5.41) is 6.91. The van der Waals surface area contributed by atoms with Crippen LogP contribution >= 0.6 is 0 Å². The highest BCUT2D eigenvalue weighted by molar-refractivity contribution is 5.79. The minimum Gasteiger partial charge on any atom is -0.373 e. The van der Waals surface area contributed by atoms with Gasteiger partial charge in [-0.2, -0.15) is 0 Å². The van der Waals surface area contributed by atoms with E-state index >= 15 is 0 Å². The van der Waals surface area contributed by atoms with Gasteiger partial charge in [0.1, 0.15) is 0 Å². The minimum atomic E-state index is 0.154. The molecule has 0 saturated carbocycles. The summed E-state index contributed by atoms with van der Waals surface area (Å²) in [5.74, 6) is 1.28. The summed E-state index contributed by atoms with van der Waals surface area (Å²) in [6.07, 6.45) is 2.44. The summed E-state index contributed by atoms with van der Waals surface area (Å²) in [7, 11) is 1.82. The third-order valence-electron chi connectivity index (χ3n) is 5.15. The molecule has 4 nitrogen and oxygen atoms in total. The first-order valence-electron chi connectivity index (χ1n) is 9.84. The van der Waals surface area contributed by atoms with Crippen LogP contribution in [-0.4, -0.2) is 26.2 Å². The van der Waals surface area contributed by atoms with Crippen LogP contribution in [-0.2, 0) is 11.3 Å². The summed E-state index contributed by atoms with van der Waals surface area (Å²) in [5.41, 5.74) is 5.09. The molecule has 1 fully saturated rings. The monoisotopic (exact) mass is 365 g/mol. The summed E-state index contributed by atoms with van der Waals surface area (Å²) in [4.78, 5) is 4.37. The zero-order valence-electron chi connectivity index (χ0n) is 16.7. The van der Waals surface area contributed by atoms with Crippen LogP contribution in [0.5, 0.6) is 0 Å². The van der Waals surface area contributed by atoms with Crippen molar-refractivity contribution in [3.63, 3.8) is 0 Å². The Morgan fingerprint density at radius 2 is 1.89 bits per heavy atom. The molecule has 2 N–H and O–H groups in total. The third-order valence-corrected chi connectivity index (χ3v) is 5.15. The van der Waals surface area contributed by atoms with E-state index in [1.807, 2.05) is 7.05 Å². The molecule has 1 saturated heterocycles. The number of nitrogens with zero attached hydrogens (tertiary/aromatic N) is 1. The van der Waals surface area contributed by atoms with E-state index in [0.29, 0.717) is 5.92 Å². The van der Waals surface area contributed by atoms with Gasteiger partial charge < -0.3 is 15.4 Å². The zero-order chi connectivity index (χ0) is 19.1. The quantitative estimate of drug-likeness (QED) is 0.618. The summed E-state index contributed by atoms with van der Waals surface area (Å²) in [6.45, 7) is 6.70. The molecule has 1 heterocycles. The van der Waals surface area contributed by atoms with E-state index in [1.54, 1.807) is 0 Å². The van der Waals surface area contributed by atoms with Crippen LogP contribution in [0.1, 0.15) is 41.2 Å². The zero-order valence-corrected chi connectivity index (χ0v) is 16.7. The molecule has 0 aromatic heterocycles. The van der Waals surface area contributed by atoms with Crippen LogP contribution in [0.4, 0.5) is 0 Å². The topological polar surface area (TPSA) is 45.7 Å². The second-order valence-corrected chi connectivity index (χ2v) is 7.40. The van der Waals surface area contributed by atoms with Crippen molar-refractivity contribution in [1.82, 2.24) is 10.6 Å². The van der Waals surface area contributed by atoms with Crippen molar-refractivity contribution in [3.05, 3.63) is 70.8 Å². The Labute approximate surface area is 163 Å². The van der Waals surface area contributed by atoms with Crippen LogP contribution < -0.4 is 10.6 Å². The molecule has 2 aromatic carbocycles. The lowest BCUT2D eigenvalue weighted by atomic mass is 9.89. The number of benzene rings is 2. The molecule has 2 unspecified atom stereocenters. The maximum atomic E-state index is 6.12. The highest BCUT2D eigenvalue weighted by atomic mass is 16.5. The number of guanidine groups is 1. The lowest BCUT2D eigenvalue weighted by molar-refractivity contribution is -0.0265. The predicted octanol–water partition coefficient (Wildman–Crippen LogP) is 4.14. The maximum absolute atomic E-state index is 6.12. The first kappa shape index (κ1) is 19.4. The molecule has 0 amide bonds. The normalized spacial score (nSPS) is 20.3. The van der Waals surface area contributed by atoms with Gasteiger partial charge in [-0.3, -0.25) is 4.99 Å². The molecule has 27 heavy (non-hydrogen) atoms. The summed E-state index contributed by atoms with van der Waals surface area (Å²) >= 11 is 0. The van der Waals surface area contributed by atoms with Gasteiger partial charge in [-0.15, -0.1) is 0 Å². The van der Waals surface area contributed by atoms with Gasteiger partial charge in [0.2, 0.25) is 0 Å².